The number of hydrogen-bond donors (Lipinski definition) is 3. The molecule has 0 aromatic heterocycles. The summed E-state index contributed by atoms with van der Waals surface area (Å²) in [6.45, 7) is 8.20. The molecule has 194 valence electrons. The molecule has 3 N–H and O–H groups in total. The van der Waals surface area contributed by atoms with Gasteiger partial charge in [0.1, 0.15) is 28.7 Å². The molecule has 36 heavy (non-hydrogen) atoms. The highest BCUT2D eigenvalue weighted by molar-refractivity contribution is 6.31. The summed E-state index contributed by atoms with van der Waals surface area (Å²) in [7, 11) is 0. The van der Waals surface area contributed by atoms with Crippen LogP contribution >= 0.6 is 0 Å². The number of phenols is 3. The standard InChI is InChI=1S/C29H36O7/c1-5-6-7-11-21-14-26(32)25(13-12-20(4)10-8-9-19(2)3)27(15-21)36-29(34)28(33)35-24-17-22(30)16-23(31)18-24/h9,12,14-18,30-32H,5-8,10-11,13H2,1-4H3/b20-12+. The monoisotopic (exact) mass is 496 g/mol. The minimum atomic E-state index is -1.32. The minimum Gasteiger partial charge on any atom is -0.508 e. The van der Waals surface area contributed by atoms with E-state index in [1.54, 1.807) is 12.1 Å². The minimum absolute atomic E-state index is 0.00795. The summed E-state index contributed by atoms with van der Waals surface area (Å²) < 4.78 is 10.3. The van der Waals surface area contributed by atoms with E-state index >= 15 is 0 Å². The lowest BCUT2D eigenvalue weighted by Gasteiger charge is -2.14. The summed E-state index contributed by atoms with van der Waals surface area (Å²) in [4.78, 5) is 24.9. The second kappa shape index (κ2) is 14.0. The van der Waals surface area contributed by atoms with E-state index < -0.39 is 11.9 Å². The third-order valence-corrected chi connectivity index (χ3v) is 5.52. The van der Waals surface area contributed by atoms with Gasteiger partial charge in [-0.3, -0.25) is 0 Å². The van der Waals surface area contributed by atoms with Crippen molar-refractivity contribution in [3.8, 4) is 28.7 Å². The van der Waals surface area contributed by atoms with Gasteiger partial charge in [-0.2, -0.15) is 0 Å². The van der Waals surface area contributed by atoms with Gasteiger partial charge >= 0.3 is 11.9 Å². The van der Waals surface area contributed by atoms with Gasteiger partial charge in [0, 0.05) is 23.8 Å². The molecule has 0 amide bonds. The van der Waals surface area contributed by atoms with Crippen LogP contribution in [-0.2, 0) is 22.4 Å². The lowest BCUT2D eigenvalue weighted by atomic mass is 10.00. The number of unbranched alkanes of at least 4 members (excludes halogenated alkanes) is 2. The van der Waals surface area contributed by atoms with Gasteiger partial charge in [0.25, 0.3) is 0 Å². The number of phenolic OH excluding ortho intramolecular Hbond substituents is 3. The summed E-state index contributed by atoms with van der Waals surface area (Å²) >= 11 is 0. The third kappa shape index (κ3) is 9.49. The van der Waals surface area contributed by atoms with Crippen LogP contribution in [0.3, 0.4) is 0 Å². The highest BCUT2D eigenvalue weighted by Crippen LogP contribution is 2.32. The van der Waals surface area contributed by atoms with E-state index in [1.165, 1.54) is 5.57 Å². The Morgan fingerprint density at radius 3 is 2.17 bits per heavy atom. The van der Waals surface area contributed by atoms with E-state index in [9.17, 15) is 24.9 Å². The zero-order chi connectivity index (χ0) is 26.7. The number of carbonyl (C=O) groups is 2. The van der Waals surface area contributed by atoms with E-state index in [0.29, 0.717) is 18.4 Å². The number of carbonyl (C=O) groups excluding carboxylic acids is 2. The Morgan fingerprint density at radius 1 is 0.861 bits per heavy atom. The van der Waals surface area contributed by atoms with Crippen LogP contribution in [0.2, 0.25) is 0 Å². The molecule has 0 saturated carbocycles. The van der Waals surface area contributed by atoms with Gasteiger partial charge in [0.2, 0.25) is 0 Å². The number of hydrogen-bond acceptors (Lipinski definition) is 7. The van der Waals surface area contributed by atoms with Crippen molar-refractivity contribution >= 4 is 11.9 Å². The second-order valence-electron chi connectivity index (χ2n) is 9.09. The van der Waals surface area contributed by atoms with Crippen LogP contribution in [0.15, 0.2) is 53.6 Å². The maximum atomic E-state index is 12.5. The highest BCUT2D eigenvalue weighted by atomic mass is 16.6. The van der Waals surface area contributed by atoms with Crippen LogP contribution in [0.25, 0.3) is 0 Å². The van der Waals surface area contributed by atoms with Crippen LogP contribution in [0.1, 0.15) is 70.9 Å². The predicted molar refractivity (Wildman–Crippen MR) is 139 cm³/mol. The van der Waals surface area contributed by atoms with Crippen LogP contribution in [0, 0.1) is 0 Å². The number of ether oxygens (including phenoxy) is 2. The van der Waals surface area contributed by atoms with E-state index in [0.717, 1.165) is 61.4 Å². The highest BCUT2D eigenvalue weighted by Gasteiger charge is 2.23. The molecular weight excluding hydrogens is 460 g/mol. The van der Waals surface area contributed by atoms with Gasteiger partial charge in [-0.05, 0) is 70.6 Å². The number of allylic oxidation sites excluding steroid dienone is 4. The topological polar surface area (TPSA) is 113 Å². The first-order valence-electron chi connectivity index (χ1n) is 12.2. The molecule has 0 spiro atoms. The normalized spacial score (nSPS) is 11.2. The van der Waals surface area contributed by atoms with Crippen LogP contribution in [-0.4, -0.2) is 27.3 Å². The maximum Gasteiger partial charge on any atom is 0.423 e. The molecule has 0 aliphatic heterocycles. The molecule has 7 nitrogen and oxygen atoms in total. The lowest BCUT2D eigenvalue weighted by molar-refractivity contribution is -0.156. The van der Waals surface area contributed by atoms with Gasteiger partial charge in [-0.25, -0.2) is 9.59 Å². The predicted octanol–water partition coefficient (Wildman–Crippen LogP) is 6.28. The van der Waals surface area contributed by atoms with Crippen molar-refractivity contribution in [2.75, 3.05) is 0 Å². The molecule has 0 aliphatic rings. The number of esters is 2. The third-order valence-electron chi connectivity index (χ3n) is 5.52. The molecule has 7 heteroatoms. The molecule has 0 heterocycles. The quantitative estimate of drug-likeness (QED) is 0.110. The first-order chi connectivity index (χ1) is 17.1. The van der Waals surface area contributed by atoms with Crippen molar-refractivity contribution in [2.45, 2.75) is 72.6 Å². The Balaban J connectivity index is 2.24. The molecule has 0 atom stereocenters. The number of rotatable bonds is 11. The van der Waals surface area contributed by atoms with E-state index in [4.69, 9.17) is 9.47 Å². The van der Waals surface area contributed by atoms with Gasteiger partial charge in [-0.15, -0.1) is 0 Å². The van der Waals surface area contributed by atoms with Gasteiger partial charge in [0.05, 0.1) is 0 Å². The lowest BCUT2D eigenvalue weighted by Crippen LogP contribution is -2.26. The Morgan fingerprint density at radius 2 is 1.53 bits per heavy atom. The average molecular weight is 497 g/mol. The average Bonchev–Trinajstić information content (AvgIpc) is 2.77. The summed E-state index contributed by atoms with van der Waals surface area (Å²) in [5.74, 6) is -3.39. The molecule has 2 rings (SSSR count). The molecule has 2 aromatic rings. The Kier molecular flexibility index (Phi) is 11.1. The maximum absolute atomic E-state index is 12.5. The van der Waals surface area contributed by atoms with Crippen molar-refractivity contribution in [3.63, 3.8) is 0 Å². The van der Waals surface area contributed by atoms with E-state index in [2.05, 4.69) is 13.0 Å². The van der Waals surface area contributed by atoms with Crippen molar-refractivity contribution in [2.24, 2.45) is 0 Å². The fraction of sp³-hybridized carbons (Fsp3) is 0.379. The molecule has 0 saturated heterocycles. The molecule has 0 unspecified atom stereocenters. The number of aryl methyl sites for hydroxylation is 1. The zero-order valence-electron chi connectivity index (χ0n) is 21.5. The fourth-order valence-corrected chi connectivity index (χ4v) is 3.59. The van der Waals surface area contributed by atoms with Gasteiger partial charge in [-0.1, -0.05) is 43.1 Å². The summed E-state index contributed by atoms with van der Waals surface area (Å²) in [5.41, 5.74) is 3.57. The van der Waals surface area contributed by atoms with E-state index in [1.807, 2.05) is 26.8 Å². The molecular formula is C29H36O7. The number of benzene rings is 2. The fourth-order valence-electron chi connectivity index (χ4n) is 3.59. The first-order valence-corrected chi connectivity index (χ1v) is 12.2. The molecule has 0 bridgehead atoms. The zero-order valence-corrected chi connectivity index (χ0v) is 21.5. The van der Waals surface area contributed by atoms with Gasteiger partial charge in [0.15, 0.2) is 0 Å². The van der Waals surface area contributed by atoms with Crippen molar-refractivity contribution in [1.82, 2.24) is 0 Å². The van der Waals surface area contributed by atoms with Crippen LogP contribution in [0.4, 0.5) is 0 Å². The summed E-state index contributed by atoms with van der Waals surface area (Å²) in [6.07, 6.45) is 9.88. The first kappa shape index (κ1) is 28.5. The van der Waals surface area contributed by atoms with Crippen molar-refractivity contribution in [1.29, 1.82) is 0 Å². The molecule has 0 aliphatic carbocycles. The Hall–Kier alpha value is -3.74. The second-order valence-corrected chi connectivity index (χ2v) is 9.09. The largest absolute Gasteiger partial charge is 0.508 e. The smallest absolute Gasteiger partial charge is 0.423 e. The molecule has 0 radical (unpaired) electrons. The Labute approximate surface area is 212 Å². The Bertz CT molecular complexity index is 1100. The van der Waals surface area contributed by atoms with Crippen LogP contribution in [0.5, 0.6) is 28.7 Å². The van der Waals surface area contributed by atoms with E-state index in [-0.39, 0.29) is 28.7 Å². The summed E-state index contributed by atoms with van der Waals surface area (Å²) in [5, 5.41) is 29.8. The van der Waals surface area contributed by atoms with Gasteiger partial charge < -0.3 is 24.8 Å². The summed E-state index contributed by atoms with van der Waals surface area (Å²) in [6, 6.07) is 6.56. The van der Waals surface area contributed by atoms with Crippen LogP contribution < -0.4 is 9.47 Å². The number of aromatic hydroxyl groups is 3. The van der Waals surface area contributed by atoms with Crippen molar-refractivity contribution < 1.29 is 34.4 Å². The van der Waals surface area contributed by atoms with Crippen molar-refractivity contribution in [3.05, 3.63) is 64.8 Å². The molecule has 0 fully saturated rings. The SMILES string of the molecule is CCCCCc1cc(O)c(C/C=C(\C)CCC=C(C)C)c(OC(=O)C(=O)Oc2cc(O)cc(O)c2)c1. The molecule has 2 aromatic carbocycles.